The van der Waals surface area contributed by atoms with Crippen LogP contribution in [0.15, 0.2) is 138 Å². The van der Waals surface area contributed by atoms with Gasteiger partial charge in [0.1, 0.15) is 47.5 Å². The normalized spacial score (nSPS) is 12.3. The molecule has 6 aromatic carbocycles. The Kier molecular flexibility index (Phi) is 18.6. The maximum atomic E-state index is 13.0. The van der Waals surface area contributed by atoms with E-state index in [2.05, 4.69) is 50.9 Å². The lowest BCUT2D eigenvalue weighted by molar-refractivity contribution is 0.280. The third-order valence-electron chi connectivity index (χ3n) is 13.4. The molecule has 0 saturated heterocycles. The number of fused-ring (bicyclic) bond motifs is 2. The summed E-state index contributed by atoms with van der Waals surface area (Å²) in [5.41, 5.74) is 4.84. The lowest BCUT2D eigenvalue weighted by Crippen LogP contribution is -2.31. The van der Waals surface area contributed by atoms with Crippen LogP contribution in [0.25, 0.3) is 41.6 Å². The Morgan fingerprint density at radius 3 is 1.42 bits per heavy atom. The van der Waals surface area contributed by atoms with Gasteiger partial charge in [0.05, 0.1) is 45.0 Å². The van der Waals surface area contributed by atoms with Gasteiger partial charge in [0.2, 0.25) is 17.8 Å². The SMILES string of the molecule is CCN(CC)c1ccc(/N=N/c2ccc(-c3nc4ccc(C)cc4s3)cc2S(=O)(=O)O)c(Nc2nc(Nc3cc(N(CC)CC)ccc3/N=N/c3ccc(-c4nc5ccc(C)c(S(=O)(=O)O)c5s4)cc3S(=O)(=O)O)nc(N(CCO)CCO)n2)c1. The maximum absolute atomic E-state index is 13.0. The quantitative estimate of drug-likeness (QED) is 0.0218. The predicted octanol–water partition coefficient (Wildman–Crippen LogP) is 11.6. The standard InChI is InChI=1S/C55H58N14O11S5/c1-7-67(8-2)36-15-21-38(63-65-41-19-13-34(28-47(41)83(72,73)74)51-56-40-17-11-32(5)27-46(40)81-51)44(30-36)58-53-60-54(62-55(61-53)69(23-25-70)24-26-71)59-45-31-37(68(9-3)10-4)16-22-39(45)64-66-42-20-14-35(29-48(42)84(75,76)77)52-57-43-18-12-33(6)50(49(43)82-52)85(78,79)80/h11-22,27-31,70-71H,7-10,23-26H2,1-6H3,(H,72,73,74)(H,75,76,77)(H,78,79,80)(H2,58,59,60,61,62)/b65-63+,66-64+. The molecule has 444 valence electrons. The van der Waals surface area contributed by atoms with E-state index in [1.807, 2.05) is 58.9 Å². The number of hydrogen-bond acceptors (Lipinski definition) is 24. The molecular weight excluding hydrogens is 1190 g/mol. The number of aliphatic hydroxyl groups excluding tert-OH is 2. The second-order valence-corrected chi connectivity index (χ2v) is 25.1. The van der Waals surface area contributed by atoms with Crippen LogP contribution in [0.4, 0.5) is 63.3 Å². The third-order valence-corrected chi connectivity index (χ3v) is 18.5. The molecule has 30 heteroatoms. The van der Waals surface area contributed by atoms with Gasteiger partial charge in [-0.05, 0) is 144 Å². The molecule has 9 rings (SSSR count). The molecule has 0 spiro atoms. The molecule has 25 nitrogen and oxygen atoms in total. The molecule has 3 heterocycles. The molecule has 0 aliphatic heterocycles. The molecule has 7 N–H and O–H groups in total. The summed E-state index contributed by atoms with van der Waals surface area (Å²) in [7, 11) is -14.5. The van der Waals surface area contributed by atoms with Crippen LogP contribution in [0, 0.1) is 13.8 Å². The first-order valence-corrected chi connectivity index (χ1v) is 32.3. The number of aliphatic hydroxyl groups is 2. The monoisotopic (exact) mass is 1250 g/mol. The average Bonchev–Trinajstić information content (AvgIpc) is 2.27. The molecule has 0 aliphatic carbocycles. The molecular formula is C55H58N14O11S5. The van der Waals surface area contributed by atoms with Crippen molar-refractivity contribution in [2.24, 2.45) is 20.5 Å². The van der Waals surface area contributed by atoms with E-state index in [4.69, 9.17) is 15.0 Å². The molecule has 85 heavy (non-hydrogen) atoms. The highest BCUT2D eigenvalue weighted by molar-refractivity contribution is 7.86. The Balaban J connectivity index is 1.11. The number of rotatable bonds is 24. The van der Waals surface area contributed by atoms with Crippen molar-refractivity contribution in [3.05, 3.63) is 114 Å². The summed E-state index contributed by atoms with van der Waals surface area (Å²) in [6.45, 7) is 13.1. The van der Waals surface area contributed by atoms with E-state index < -0.39 is 40.1 Å². The topological polar surface area (TPSA) is 351 Å². The van der Waals surface area contributed by atoms with Crippen LogP contribution in [-0.2, 0) is 30.4 Å². The van der Waals surface area contributed by atoms with E-state index in [0.717, 1.165) is 44.6 Å². The summed E-state index contributed by atoms with van der Waals surface area (Å²) in [6, 6.07) is 27.5. The van der Waals surface area contributed by atoms with E-state index >= 15 is 0 Å². The molecule has 0 saturated carbocycles. The van der Waals surface area contributed by atoms with Crippen LogP contribution in [0.5, 0.6) is 0 Å². The van der Waals surface area contributed by atoms with Crippen molar-refractivity contribution in [2.45, 2.75) is 56.2 Å². The highest BCUT2D eigenvalue weighted by Gasteiger charge is 2.25. The summed E-state index contributed by atoms with van der Waals surface area (Å²) in [5.74, 6) is -0.156. The molecule has 0 radical (unpaired) electrons. The first-order chi connectivity index (χ1) is 40.5. The number of thiazole rings is 2. The zero-order chi connectivity index (χ0) is 61.0. The predicted molar refractivity (Wildman–Crippen MR) is 330 cm³/mol. The van der Waals surface area contributed by atoms with Gasteiger partial charge in [0.15, 0.2) is 0 Å². The Hall–Kier alpha value is -8.04. The van der Waals surface area contributed by atoms with Gasteiger partial charge in [0, 0.05) is 61.8 Å². The first kappa shape index (κ1) is 61.5. The van der Waals surface area contributed by atoms with Crippen molar-refractivity contribution in [3.63, 3.8) is 0 Å². The molecule has 9 aromatic rings. The van der Waals surface area contributed by atoms with Crippen LogP contribution in [-0.4, -0.2) is 127 Å². The van der Waals surface area contributed by atoms with Crippen molar-refractivity contribution in [2.75, 3.05) is 77.8 Å². The second-order valence-electron chi connectivity index (χ2n) is 19.0. The van der Waals surface area contributed by atoms with Crippen molar-refractivity contribution in [1.82, 2.24) is 24.9 Å². The molecule has 0 fully saturated rings. The first-order valence-electron chi connectivity index (χ1n) is 26.4. The van der Waals surface area contributed by atoms with E-state index in [9.17, 15) is 49.1 Å². The Morgan fingerprint density at radius 2 is 0.953 bits per heavy atom. The fraction of sp³-hybridized carbons (Fsp3) is 0.255. The Morgan fingerprint density at radius 1 is 0.494 bits per heavy atom. The number of aryl methyl sites for hydroxylation is 2. The smallest absolute Gasteiger partial charge is 0.296 e. The van der Waals surface area contributed by atoms with Gasteiger partial charge in [0.25, 0.3) is 30.4 Å². The third kappa shape index (κ3) is 14.1. The fourth-order valence-corrected chi connectivity index (χ4v) is 13.8. The molecule has 0 bridgehead atoms. The molecule has 0 amide bonds. The van der Waals surface area contributed by atoms with Gasteiger partial charge in [-0.25, -0.2) is 9.97 Å². The highest BCUT2D eigenvalue weighted by atomic mass is 32.2. The number of azo groups is 2. The number of nitrogens with zero attached hydrogens (tertiary/aromatic N) is 12. The van der Waals surface area contributed by atoms with E-state index in [1.165, 1.54) is 53.5 Å². The number of benzene rings is 6. The highest BCUT2D eigenvalue weighted by Crippen LogP contribution is 2.42. The van der Waals surface area contributed by atoms with Crippen LogP contribution >= 0.6 is 22.7 Å². The van der Waals surface area contributed by atoms with Crippen molar-refractivity contribution in [1.29, 1.82) is 0 Å². The maximum Gasteiger partial charge on any atom is 0.296 e. The lowest BCUT2D eigenvalue weighted by atomic mass is 10.2. The summed E-state index contributed by atoms with van der Waals surface area (Å²) in [5, 5.41) is 45.1. The minimum Gasteiger partial charge on any atom is -0.395 e. The molecule has 0 unspecified atom stereocenters. The van der Waals surface area contributed by atoms with Gasteiger partial charge in [-0.1, -0.05) is 12.1 Å². The summed E-state index contributed by atoms with van der Waals surface area (Å²) in [6.07, 6.45) is 0. The number of aromatic nitrogens is 5. The summed E-state index contributed by atoms with van der Waals surface area (Å²) in [4.78, 5) is 27.5. The van der Waals surface area contributed by atoms with Crippen molar-refractivity contribution in [3.8, 4) is 21.1 Å². The van der Waals surface area contributed by atoms with Gasteiger partial charge in [-0.15, -0.1) is 43.1 Å². The largest absolute Gasteiger partial charge is 0.395 e. The summed E-state index contributed by atoms with van der Waals surface area (Å²) >= 11 is 2.27. The molecule has 0 aliphatic rings. The molecule has 0 atom stereocenters. The van der Waals surface area contributed by atoms with Gasteiger partial charge in [-0.3, -0.25) is 13.7 Å². The van der Waals surface area contributed by atoms with E-state index in [0.29, 0.717) is 42.4 Å². The van der Waals surface area contributed by atoms with Crippen LogP contribution in [0.3, 0.4) is 0 Å². The molecule has 3 aromatic heterocycles. The van der Waals surface area contributed by atoms with Gasteiger partial charge >= 0.3 is 0 Å². The van der Waals surface area contributed by atoms with Crippen LogP contribution in [0.1, 0.15) is 38.8 Å². The van der Waals surface area contributed by atoms with Gasteiger partial charge < -0.3 is 35.5 Å². The second kappa shape index (κ2) is 25.7. The van der Waals surface area contributed by atoms with Crippen LogP contribution < -0.4 is 25.3 Å². The van der Waals surface area contributed by atoms with Crippen LogP contribution in [0.2, 0.25) is 0 Å². The van der Waals surface area contributed by atoms with Crippen molar-refractivity contribution < 1.29 is 49.1 Å². The summed E-state index contributed by atoms with van der Waals surface area (Å²) < 4.78 is 109. The van der Waals surface area contributed by atoms with E-state index in [1.54, 1.807) is 42.5 Å². The van der Waals surface area contributed by atoms with E-state index in [-0.39, 0.29) is 104 Å². The Labute approximate surface area is 497 Å². The van der Waals surface area contributed by atoms with Crippen molar-refractivity contribution >= 4 is 137 Å². The number of hydrogen-bond donors (Lipinski definition) is 7. The fourth-order valence-electron chi connectivity index (χ4n) is 9.16. The lowest BCUT2D eigenvalue weighted by Gasteiger charge is -2.24. The number of nitrogens with one attached hydrogen (secondary N) is 2. The minimum absolute atomic E-state index is 0.00532. The average molecular weight is 1250 g/mol. The Bertz CT molecular complexity index is 4400. The zero-order valence-electron chi connectivity index (χ0n) is 46.6. The number of anilines is 7. The zero-order valence-corrected chi connectivity index (χ0v) is 50.6. The minimum atomic E-state index is -4.99. The van der Waals surface area contributed by atoms with Gasteiger partial charge in [-0.2, -0.15) is 40.2 Å².